The van der Waals surface area contributed by atoms with E-state index in [-0.39, 0.29) is 40.1 Å². The van der Waals surface area contributed by atoms with Crippen molar-refractivity contribution >= 4 is 46.1 Å². The van der Waals surface area contributed by atoms with Gasteiger partial charge in [-0.25, -0.2) is 14.5 Å². The molecule has 1 aromatic rings. The van der Waals surface area contributed by atoms with Crippen LogP contribution in [-0.4, -0.2) is 55.9 Å². The van der Waals surface area contributed by atoms with Crippen molar-refractivity contribution in [2.24, 2.45) is 11.8 Å². The summed E-state index contributed by atoms with van der Waals surface area (Å²) in [5, 5.41) is 21.6. The number of carbonyl (C=O) groups is 3. The second kappa shape index (κ2) is 10.4. The fraction of sp³-hybridized carbons (Fsp3) is 0.500. The summed E-state index contributed by atoms with van der Waals surface area (Å²) in [6.07, 6.45) is -2.19. The highest BCUT2D eigenvalue weighted by Gasteiger charge is 2.58. The van der Waals surface area contributed by atoms with E-state index in [4.69, 9.17) is 4.74 Å². The Labute approximate surface area is 207 Å². The molecule has 2 fully saturated rings. The molecule has 3 N–H and O–H groups in total. The molecular formula is C22H24F3IN2O6. The van der Waals surface area contributed by atoms with Gasteiger partial charge in [0.1, 0.15) is 10.7 Å². The van der Waals surface area contributed by atoms with Crippen molar-refractivity contribution < 1.29 is 42.5 Å². The molecule has 0 spiro atoms. The van der Waals surface area contributed by atoms with Gasteiger partial charge in [0.2, 0.25) is 5.91 Å². The number of hydrogen-bond acceptors (Lipinski definition) is 5. The third-order valence-corrected chi connectivity index (χ3v) is 6.55. The molecule has 2 aliphatic rings. The van der Waals surface area contributed by atoms with Crippen molar-refractivity contribution in [3.8, 4) is 11.5 Å². The zero-order valence-electron chi connectivity index (χ0n) is 18.0. The zero-order valence-corrected chi connectivity index (χ0v) is 20.1. The van der Waals surface area contributed by atoms with E-state index in [1.807, 2.05) is 27.9 Å². The Balaban J connectivity index is 1.84. The highest BCUT2D eigenvalue weighted by molar-refractivity contribution is 14.1. The lowest BCUT2D eigenvalue weighted by atomic mass is 9.78. The lowest BCUT2D eigenvalue weighted by Gasteiger charge is -2.44. The predicted molar refractivity (Wildman–Crippen MR) is 123 cm³/mol. The molecule has 12 heteroatoms. The Morgan fingerprint density at radius 3 is 2.47 bits per heavy atom. The zero-order chi connectivity index (χ0) is 25.2. The fourth-order valence-corrected chi connectivity index (χ4v) is 4.91. The molecule has 8 nitrogen and oxygen atoms in total. The summed E-state index contributed by atoms with van der Waals surface area (Å²) in [6, 6.07) is -1.11. The SMILES string of the molecule is C=C(c1cccc(O)c1OCI)[C@H]1C(=O)N(C(=O)N[C@@H](C2CCCCC2)C(F)(F)F)[C@@H]1C(=O)O. The van der Waals surface area contributed by atoms with Crippen molar-refractivity contribution in [3.63, 3.8) is 0 Å². The summed E-state index contributed by atoms with van der Waals surface area (Å²) >= 11 is 1.88. The minimum atomic E-state index is -4.75. The number of benzene rings is 1. The molecule has 3 amide bonds. The number of halogens is 4. The number of nitrogens with one attached hydrogen (secondary N) is 1. The fourth-order valence-electron chi connectivity index (χ4n) is 4.60. The molecule has 0 unspecified atom stereocenters. The Hall–Kier alpha value is -2.51. The number of phenols is 1. The van der Waals surface area contributed by atoms with E-state index in [9.17, 15) is 37.8 Å². The number of para-hydroxylation sites is 1. The molecule has 1 saturated heterocycles. The van der Waals surface area contributed by atoms with Crippen LogP contribution in [0.1, 0.15) is 37.7 Å². The lowest BCUT2D eigenvalue weighted by Crippen LogP contribution is -2.69. The summed E-state index contributed by atoms with van der Waals surface area (Å²) in [5.41, 5.74) is 0.133. The van der Waals surface area contributed by atoms with Gasteiger partial charge in [0.05, 0.1) is 5.92 Å². The van der Waals surface area contributed by atoms with Gasteiger partial charge in [0.25, 0.3) is 0 Å². The number of carboxylic acid groups (broad SMARTS) is 1. The monoisotopic (exact) mass is 596 g/mol. The molecule has 34 heavy (non-hydrogen) atoms. The van der Waals surface area contributed by atoms with E-state index in [1.165, 1.54) is 18.2 Å². The van der Waals surface area contributed by atoms with Crippen molar-refractivity contribution in [3.05, 3.63) is 30.3 Å². The van der Waals surface area contributed by atoms with E-state index >= 15 is 0 Å². The van der Waals surface area contributed by atoms with Crippen LogP contribution in [0.25, 0.3) is 5.57 Å². The Morgan fingerprint density at radius 2 is 1.91 bits per heavy atom. The average molecular weight is 596 g/mol. The molecule has 1 saturated carbocycles. The lowest BCUT2D eigenvalue weighted by molar-refractivity contribution is -0.171. The third kappa shape index (κ3) is 5.10. The van der Waals surface area contributed by atoms with Crippen LogP contribution in [-0.2, 0) is 9.59 Å². The second-order valence-corrected chi connectivity index (χ2v) is 8.89. The number of phenolic OH excluding ortho intramolecular Hbond substituents is 1. The number of ether oxygens (including phenoxy) is 1. The largest absolute Gasteiger partial charge is 0.504 e. The maximum absolute atomic E-state index is 13.7. The van der Waals surface area contributed by atoms with Crippen LogP contribution in [0.4, 0.5) is 18.0 Å². The highest BCUT2D eigenvalue weighted by Crippen LogP contribution is 2.43. The summed E-state index contributed by atoms with van der Waals surface area (Å²) in [4.78, 5) is 37.8. The van der Waals surface area contributed by atoms with Crippen molar-refractivity contribution in [1.29, 1.82) is 0 Å². The standard InChI is InChI=1S/C22H24F3IN2O6/c1-11(13-8-5-9-14(29)17(13)34-10-26)15-16(20(31)32)28(19(15)30)21(33)27-18(22(23,24)25)12-6-3-2-4-7-12/h5,8-9,12,15-16,18,29H,1-4,6-7,10H2,(H,27,33)(H,31,32)/t15-,16+,18+/m1/s1. The van der Waals surface area contributed by atoms with Crippen LogP contribution < -0.4 is 10.1 Å². The number of hydrogen-bond donors (Lipinski definition) is 3. The molecule has 0 radical (unpaired) electrons. The van der Waals surface area contributed by atoms with Crippen LogP contribution in [0.2, 0.25) is 0 Å². The Bertz CT molecular complexity index is 980. The molecule has 3 atom stereocenters. The Kier molecular flexibility index (Phi) is 7.98. The van der Waals surface area contributed by atoms with Gasteiger partial charge >= 0.3 is 18.2 Å². The molecule has 0 bridgehead atoms. The average Bonchev–Trinajstić information content (AvgIpc) is 2.76. The number of rotatable bonds is 7. The number of nitrogens with zero attached hydrogens (tertiary/aromatic N) is 1. The first-order valence-electron chi connectivity index (χ1n) is 10.6. The predicted octanol–water partition coefficient (Wildman–Crippen LogP) is 4.31. The number of aromatic hydroxyl groups is 1. The number of alkyl halides is 4. The van der Waals surface area contributed by atoms with E-state index in [1.54, 1.807) is 0 Å². The van der Waals surface area contributed by atoms with Crippen LogP contribution in [0.15, 0.2) is 24.8 Å². The van der Waals surface area contributed by atoms with Gasteiger partial charge in [-0.3, -0.25) is 4.79 Å². The van der Waals surface area contributed by atoms with Crippen LogP contribution in [0.5, 0.6) is 11.5 Å². The summed E-state index contributed by atoms with van der Waals surface area (Å²) in [6.45, 7) is 3.77. The summed E-state index contributed by atoms with van der Waals surface area (Å²) in [7, 11) is 0. The molecule has 186 valence electrons. The van der Waals surface area contributed by atoms with Crippen molar-refractivity contribution in [2.45, 2.75) is 50.4 Å². The first-order chi connectivity index (χ1) is 16.0. The minimum Gasteiger partial charge on any atom is -0.504 e. The topological polar surface area (TPSA) is 116 Å². The van der Waals surface area contributed by atoms with E-state index in [2.05, 4.69) is 6.58 Å². The highest BCUT2D eigenvalue weighted by atomic mass is 127. The Morgan fingerprint density at radius 1 is 1.26 bits per heavy atom. The maximum atomic E-state index is 13.7. The van der Waals surface area contributed by atoms with E-state index in [0.29, 0.717) is 17.7 Å². The van der Waals surface area contributed by atoms with Crippen molar-refractivity contribution in [2.75, 3.05) is 4.61 Å². The normalized spacial score (nSPS) is 22.0. The molecule has 1 aromatic carbocycles. The number of likely N-dealkylation sites (tertiary alicyclic amines) is 1. The summed E-state index contributed by atoms with van der Waals surface area (Å²) < 4.78 is 46.6. The minimum absolute atomic E-state index is 0.0174. The number of carbonyl (C=O) groups excluding carboxylic acids is 2. The molecular weight excluding hydrogens is 572 g/mol. The number of carboxylic acids is 1. The first kappa shape index (κ1) is 26.1. The smallest absolute Gasteiger partial charge is 0.408 e. The van der Waals surface area contributed by atoms with Gasteiger partial charge in [-0.15, -0.1) is 0 Å². The molecule has 1 aliphatic heterocycles. The number of β-lactam (4-membered cyclic amide) rings is 1. The molecule has 3 rings (SSSR count). The first-order valence-corrected chi connectivity index (χ1v) is 12.1. The van der Waals surface area contributed by atoms with Gasteiger partial charge in [-0.05, 0) is 53.0 Å². The molecule has 1 heterocycles. The second-order valence-electron chi connectivity index (χ2n) is 8.27. The van der Waals surface area contributed by atoms with Gasteiger partial charge in [-0.1, -0.05) is 38.0 Å². The van der Waals surface area contributed by atoms with Gasteiger partial charge in [0, 0.05) is 5.56 Å². The maximum Gasteiger partial charge on any atom is 0.408 e. The van der Waals surface area contributed by atoms with Crippen LogP contribution in [0, 0.1) is 11.8 Å². The summed E-state index contributed by atoms with van der Waals surface area (Å²) in [5.74, 6) is -5.11. The molecule has 1 aliphatic carbocycles. The van der Waals surface area contributed by atoms with Gasteiger partial charge in [0.15, 0.2) is 17.5 Å². The quantitative estimate of drug-likeness (QED) is 0.246. The molecule has 0 aromatic heterocycles. The number of amides is 3. The van der Waals surface area contributed by atoms with Crippen LogP contribution >= 0.6 is 22.6 Å². The van der Waals surface area contributed by atoms with Gasteiger partial charge < -0.3 is 20.3 Å². The number of aliphatic carboxylic acids is 1. The van der Waals surface area contributed by atoms with Gasteiger partial charge in [-0.2, -0.15) is 13.2 Å². The number of urea groups is 1. The van der Waals surface area contributed by atoms with Crippen molar-refractivity contribution in [1.82, 2.24) is 10.2 Å². The third-order valence-electron chi connectivity index (χ3n) is 6.24. The number of imide groups is 1. The van der Waals surface area contributed by atoms with E-state index < -0.39 is 48.0 Å². The van der Waals surface area contributed by atoms with Crippen LogP contribution in [0.3, 0.4) is 0 Å². The van der Waals surface area contributed by atoms with E-state index in [0.717, 1.165) is 6.42 Å².